The maximum atomic E-state index is 11.1. The Morgan fingerprint density at radius 3 is 1.32 bits per heavy atom. The lowest BCUT2D eigenvalue weighted by atomic mass is 9.49. The van der Waals surface area contributed by atoms with Crippen molar-refractivity contribution < 1.29 is 47.1 Å². The second-order valence-electron chi connectivity index (χ2n) is 25.2. The van der Waals surface area contributed by atoms with Crippen molar-refractivity contribution >= 4 is 133 Å². The number of fused-ring (bicyclic) bond motifs is 4. The number of aliphatic imine (C=N–C) groups is 3. The topological polar surface area (TPSA) is 173 Å². The minimum atomic E-state index is -0.750. The molecule has 13 rings (SSSR count). The third kappa shape index (κ3) is 18.9. The molecule has 0 bridgehead atoms. The highest BCUT2D eigenvalue weighted by atomic mass is 79.9. The molecule has 488 valence electrons. The molecule has 0 spiro atoms. The first kappa shape index (κ1) is 73.2. The first-order chi connectivity index (χ1) is 43.4. The summed E-state index contributed by atoms with van der Waals surface area (Å²) in [5.41, 5.74) is 15.8. The van der Waals surface area contributed by atoms with Gasteiger partial charge in [0.2, 0.25) is 5.90 Å². The average molecular weight is 1510 g/mol. The van der Waals surface area contributed by atoms with Crippen LogP contribution in [-0.4, -0.2) is 89.1 Å². The van der Waals surface area contributed by atoms with Crippen molar-refractivity contribution in [2.75, 3.05) is 6.61 Å². The third-order valence-corrected chi connectivity index (χ3v) is 18.5. The van der Waals surface area contributed by atoms with Gasteiger partial charge in [0.15, 0.2) is 16.0 Å². The minimum absolute atomic E-state index is 0.0347. The highest BCUT2D eigenvalue weighted by Crippen LogP contribution is 2.43. The number of rotatable bonds is 9. The van der Waals surface area contributed by atoms with Gasteiger partial charge in [0.25, 0.3) is 5.91 Å². The molecule has 7 heterocycles. The Labute approximate surface area is 583 Å². The van der Waals surface area contributed by atoms with Crippen LogP contribution in [0.3, 0.4) is 0 Å². The van der Waals surface area contributed by atoms with E-state index in [4.69, 9.17) is 77.1 Å². The maximum absolute atomic E-state index is 11.1. The predicted octanol–water partition coefficient (Wildman–Crippen LogP) is 15.1. The van der Waals surface area contributed by atoms with E-state index in [1.807, 2.05) is 172 Å². The highest BCUT2D eigenvalue weighted by molar-refractivity contribution is 9.11. The smallest absolute Gasteiger partial charge is 0.478 e. The van der Waals surface area contributed by atoms with Gasteiger partial charge in [-0.05, 0) is 183 Å². The molecule has 0 aliphatic carbocycles. The van der Waals surface area contributed by atoms with Gasteiger partial charge in [0.05, 0.1) is 73.1 Å². The standard InChI is InChI=1S/C21H25BN2O3.C15H13BrN2O.C12H24B2O4.C10H10BrNO.C8H6BrNO.CHCl3/c1-20(2)21(3,4)27-22(26-20)17-10-11-18-16(12-17)13-23-19(18)24-25-14-15-8-6-5-7-9-15;16-13-6-7-14-12(8-13)9-17-15(14)18-19-10-11-4-2-1-3-5-11;1-9(2)10(3,4)16-13(15-9)14-17-11(5,6)12(7,8)18-14;1-2-13-10-9-4-3-8(11)5-7(9)6-12-10;9-6-1-2-7-5(3-6)4-10-8(7)11;2-1(3)4/h5-12H,13-14H2,1-4H3,(H,23,24);1-8H,9-10H2,(H,17,18);1-8H3;3-5H,2,6H2,1H3;1-3H,4H2,(H,10,11);1H. The average Bonchev–Trinajstić information content (AvgIpc) is 1.65. The van der Waals surface area contributed by atoms with Crippen molar-refractivity contribution in [1.29, 1.82) is 0 Å². The number of ether oxygens (including phenoxy) is 1. The van der Waals surface area contributed by atoms with Gasteiger partial charge < -0.3 is 38.0 Å². The lowest BCUT2D eigenvalue weighted by Gasteiger charge is -2.32. The van der Waals surface area contributed by atoms with Crippen LogP contribution in [0.2, 0.25) is 0 Å². The van der Waals surface area contributed by atoms with Crippen molar-refractivity contribution in [1.82, 2.24) is 16.3 Å². The maximum Gasteiger partial charge on any atom is 0.494 e. The fourth-order valence-corrected chi connectivity index (χ4v) is 11.1. The molecule has 25 heteroatoms. The lowest BCUT2D eigenvalue weighted by Crippen LogP contribution is -2.41. The number of hydroxylamine groups is 2. The summed E-state index contributed by atoms with van der Waals surface area (Å²) in [5, 5.41) is 2.75. The molecular weight excluding hydrogens is 1430 g/mol. The number of carbonyl (C=O) groups is 1. The number of nitrogens with one attached hydrogen (secondary N) is 3. The number of hydrogen-bond donors (Lipinski definition) is 3. The molecule has 6 aromatic rings. The van der Waals surface area contributed by atoms with Crippen LogP contribution in [-0.2, 0) is 81.7 Å². The molecule has 16 nitrogen and oxygen atoms in total. The number of nitrogens with zero attached hydrogens (tertiary/aromatic N) is 3. The van der Waals surface area contributed by atoms with Crippen LogP contribution >= 0.6 is 82.6 Å². The van der Waals surface area contributed by atoms with Gasteiger partial charge in [-0.15, -0.1) is 0 Å². The van der Waals surface area contributed by atoms with E-state index in [-0.39, 0.29) is 46.6 Å². The second-order valence-corrected chi connectivity index (χ2v) is 30.0. The summed E-state index contributed by atoms with van der Waals surface area (Å²) < 4.78 is 44.0. The van der Waals surface area contributed by atoms with Crippen LogP contribution in [0.4, 0.5) is 0 Å². The zero-order valence-electron chi connectivity index (χ0n) is 54.2. The third-order valence-electron chi connectivity index (χ3n) is 17.0. The quantitative estimate of drug-likeness (QED) is 0.0711. The largest absolute Gasteiger partial charge is 0.494 e. The number of hydrogen-bond acceptors (Lipinski definition) is 15. The molecule has 1 amide bonds. The Kier molecular flexibility index (Phi) is 25.1. The summed E-state index contributed by atoms with van der Waals surface area (Å²) in [7, 11) is -1.31. The van der Waals surface area contributed by atoms with Crippen LogP contribution in [0.5, 0.6) is 0 Å². The molecule has 0 aromatic heterocycles. The number of amides is 1. The molecule has 0 atom stereocenters. The molecule has 92 heavy (non-hydrogen) atoms. The van der Waals surface area contributed by atoms with Crippen molar-refractivity contribution in [2.24, 2.45) is 15.0 Å². The molecule has 0 unspecified atom stereocenters. The number of carbonyl (C=O) groups excluding carboxylic acids is 1. The molecule has 6 aromatic carbocycles. The number of alkyl halides is 3. The molecule has 0 radical (unpaired) electrons. The van der Waals surface area contributed by atoms with E-state index < -0.39 is 18.3 Å². The summed E-state index contributed by atoms with van der Waals surface area (Å²) in [6.45, 7) is 30.8. The van der Waals surface area contributed by atoms with E-state index in [0.717, 1.165) is 87.5 Å². The van der Waals surface area contributed by atoms with Crippen LogP contribution in [0.25, 0.3) is 0 Å². The number of amidine groups is 2. The van der Waals surface area contributed by atoms with Gasteiger partial charge in [-0.3, -0.25) is 24.5 Å². The van der Waals surface area contributed by atoms with Crippen LogP contribution in [0, 0.1) is 0 Å². The van der Waals surface area contributed by atoms with E-state index in [1.54, 1.807) is 0 Å². The van der Waals surface area contributed by atoms with Gasteiger partial charge in [0, 0.05) is 42.2 Å². The summed E-state index contributed by atoms with van der Waals surface area (Å²) in [5.74, 6) is 2.39. The molecule has 3 saturated heterocycles. The molecule has 3 fully saturated rings. The first-order valence-electron chi connectivity index (χ1n) is 30.2. The summed E-state index contributed by atoms with van der Waals surface area (Å²) >= 11 is 24.7. The minimum Gasteiger partial charge on any atom is -0.478 e. The van der Waals surface area contributed by atoms with Crippen molar-refractivity contribution in [2.45, 2.75) is 167 Å². The van der Waals surface area contributed by atoms with E-state index >= 15 is 0 Å². The van der Waals surface area contributed by atoms with Gasteiger partial charge in [0.1, 0.15) is 0 Å². The van der Waals surface area contributed by atoms with Crippen molar-refractivity contribution in [3.63, 3.8) is 0 Å². The lowest BCUT2D eigenvalue weighted by molar-refractivity contribution is 0.00578. The first-order valence-corrected chi connectivity index (χ1v) is 33.9. The SMILES string of the molecule is Brc1ccc2c(c1)CN=C2NOCc1ccccc1.CC1(C)OB(B2OC(C)(C)C(C)(C)O2)OC1(C)C.CC1(C)OB(c2ccc3c(c2)CN=C3NOCc2ccccc2)OC1(C)C.CCOC1=NCc2cc(Br)ccc21.ClC(Cl)Cl.O=C1NCc2cc(Br)ccc21. The second kappa shape index (κ2) is 31.5. The van der Waals surface area contributed by atoms with Gasteiger partial charge in [-0.1, -0.05) is 161 Å². The Bertz CT molecular complexity index is 3540. The zero-order chi connectivity index (χ0) is 66.8. The van der Waals surface area contributed by atoms with Gasteiger partial charge >= 0.3 is 21.1 Å². The number of halogens is 6. The Hall–Kier alpha value is -4.62. The zero-order valence-corrected chi connectivity index (χ0v) is 61.2. The van der Waals surface area contributed by atoms with Crippen molar-refractivity contribution in [3.8, 4) is 0 Å². The fraction of sp³-hybridized carbons (Fsp3) is 0.403. The van der Waals surface area contributed by atoms with E-state index in [9.17, 15) is 4.79 Å². The van der Waals surface area contributed by atoms with Crippen LogP contribution in [0.1, 0.15) is 150 Å². The summed E-state index contributed by atoms with van der Waals surface area (Å²) in [6, 6.07) is 44.3. The Morgan fingerprint density at radius 1 is 0.500 bits per heavy atom. The molecule has 7 aliphatic heterocycles. The van der Waals surface area contributed by atoms with Gasteiger partial charge in [-0.2, -0.15) is 0 Å². The van der Waals surface area contributed by atoms with Crippen LogP contribution in [0.15, 0.2) is 162 Å². The molecular formula is C67H79B3Br3Cl3N6O10. The van der Waals surface area contributed by atoms with E-state index in [0.29, 0.717) is 39.5 Å². The summed E-state index contributed by atoms with van der Waals surface area (Å²) in [4.78, 5) is 35.5. The molecule has 3 N–H and O–H groups in total. The van der Waals surface area contributed by atoms with E-state index in [2.05, 4.69) is 131 Å². The Morgan fingerprint density at radius 2 is 0.870 bits per heavy atom. The number of benzene rings is 6. The van der Waals surface area contributed by atoms with Crippen LogP contribution < -0.4 is 21.7 Å². The predicted molar refractivity (Wildman–Crippen MR) is 380 cm³/mol. The highest BCUT2D eigenvalue weighted by Gasteiger charge is 2.64. The van der Waals surface area contributed by atoms with Crippen molar-refractivity contribution in [3.05, 3.63) is 203 Å². The summed E-state index contributed by atoms with van der Waals surface area (Å²) in [6.07, 6.45) is 0. The monoisotopic (exact) mass is 1500 g/mol. The normalized spacial score (nSPS) is 18.8. The molecule has 0 saturated carbocycles. The Balaban J connectivity index is 0.000000150. The molecule has 7 aliphatic rings. The van der Waals surface area contributed by atoms with Gasteiger partial charge in [-0.25, -0.2) is 16.0 Å². The fourth-order valence-electron chi connectivity index (χ4n) is 9.83. The van der Waals surface area contributed by atoms with E-state index in [1.165, 1.54) is 11.1 Å².